The van der Waals surface area contributed by atoms with E-state index in [1.54, 1.807) is 0 Å². The van der Waals surface area contributed by atoms with Crippen molar-refractivity contribution in [1.82, 2.24) is 0 Å². The summed E-state index contributed by atoms with van der Waals surface area (Å²) in [6.45, 7) is 11.6. The van der Waals surface area contributed by atoms with Crippen LogP contribution in [0.4, 0.5) is 0 Å². The first-order valence-electron chi connectivity index (χ1n) is 7.51. The minimum Gasteiger partial charge on any atom is -0.390 e. The van der Waals surface area contributed by atoms with Crippen LogP contribution < -0.4 is 0 Å². The van der Waals surface area contributed by atoms with Crippen molar-refractivity contribution in [2.75, 3.05) is 0 Å². The maximum absolute atomic E-state index is 10.6. The van der Waals surface area contributed by atoms with Crippen molar-refractivity contribution in [2.24, 2.45) is 17.3 Å². The van der Waals surface area contributed by atoms with Crippen molar-refractivity contribution in [3.63, 3.8) is 0 Å². The van der Waals surface area contributed by atoms with Gasteiger partial charge in [-0.15, -0.1) is 0 Å². The molecule has 0 atom stereocenters. The topological polar surface area (TPSA) is 20.2 Å². The largest absolute Gasteiger partial charge is 0.390 e. The second-order valence-electron chi connectivity index (χ2n) is 7.27. The molecule has 1 aliphatic rings. The molecule has 0 aromatic rings. The molecular formula is C16H32O. The summed E-state index contributed by atoms with van der Waals surface area (Å²) in [5, 5.41) is 10.6. The minimum atomic E-state index is -0.343. The molecule has 1 rings (SSSR count). The molecule has 1 aliphatic carbocycles. The minimum absolute atomic E-state index is 0.343. The van der Waals surface area contributed by atoms with Gasteiger partial charge in [0.05, 0.1) is 5.60 Å². The van der Waals surface area contributed by atoms with Crippen molar-refractivity contribution < 1.29 is 5.11 Å². The van der Waals surface area contributed by atoms with Gasteiger partial charge in [0, 0.05) is 0 Å². The average Bonchev–Trinajstić information content (AvgIpc) is 2.27. The van der Waals surface area contributed by atoms with Crippen LogP contribution in [0.1, 0.15) is 79.6 Å². The van der Waals surface area contributed by atoms with Crippen molar-refractivity contribution in [1.29, 1.82) is 0 Å². The fourth-order valence-corrected chi connectivity index (χ4v) is 3.03. The fourth-order valence-electron chi connectivity index (χ4n) is 3.03. The zero-order valence-corrected chi connectivity index (χ0v) is 12.6. The lowest BCUT2D eigenvalue weighted by Crippen LogP contribution is -2.38. The molecule has 17 heavy (non-hydrogen) atoms. The third kappa shape index (κ3) is 4.28. The normalized spacial score (nSPS) is 30.9. The Morgan fingerprint density at radius 1 is 1.24 bits per heavy atom. The van der Waals surface area contributed by atoms with Crippen LogP contribution in [-0.2, 0) is 0 Å². The van der Waals surface area contributed by atoms with Gasteiger partial charge < -0.3 is 5.11 Å². The Morgan fingerprint density at radius 3 is 2.18 bits per heavy atom. The molecule has 1 saturated carbocycles. The second-order valence-corrected chi connectivity index (χ2v) is 7.27. The lowest BCUT2D eigenvalue weighted by Gasteiger charge is -2.42. The smallest absolute Gasteiger partial charge is 0.0648 e. The monoisotopic (exact) mass is 240 g/mol. The highest BCUT2D eigenvalue weighted by atomic mass is 16.3. The predicted octanol–water partition coefficient (Wildman–Crippen LogP) is 4.78. The summed E-state index contributed by atoms with van der Waals surface area (Å²) in [5.41, 5.74) is 0.115. The van der Waals surface area contributed by atoms with Gasteiger partial charge in [0.25, 0.3) is 0 Å². The van der Waals surface area contributed by atoms with Crippen LogP contribution >= 0.6 is 0 Å². The lowest BCUT2D eigenvalue weighted by atomic mass is 9.65. The van der Waals surface area contributed by atoms with Crippen LogP contribution in [0.2, 0.25) is 0 Å². The molecule has 1 heteroatoms. The number of rotatable bonds is 5. The Balaban J connectivity index is 2.44. The third-order valence-corrected chi connectivity index (χ3v) is 5.12. The molecule has 0 saturated heterocycles. The predicted molar refractivity (Wildman–Crippen MR) is 75.1 cm³/mol. The molecule has 0 bridgehead atoms. The van der Waals surface area contributed by atoms with Gasteiger partial charge in [-0.05, 0) is 55.8 Å². The summed E-state index contributed by atoms with van der Waals surface area (Å²) >= 11 is 0. The van der Waals surface area contributed by atoms with E-state index >= 15 is 0 Å². The van der Waals surface area contributed by atoms with Gasteiger partial charge in [0.2, 0.25) is 0 Å². The molecule has 1 nitrogen and oxygen atoms in total. The van der Waals surface area contributed by atoms with Gasteiger partial charge in [-0.1, -0.05) is 41.0 Å². The molecule has 1 N–H and O–H groups in total. The van der Waals surface area contributed by atoms with Gasteiger partial charge in [-0.25, -0.2) is 0 Å². The van der Waals surface area contributed by atoms with Crippen LogP contribution in [-0.4, -0.2) is 10.7 Å². The lowest BCUT2D eigenvalue weighted by molar-refractivity contribution is -0.0373. The summed E-state index contributed by atoms with van der Waals surface area (Å²) < 4.78 is 0. The summed E-state index contributed by atoms with van der Waals surface area (Å²) in [6, 6.07) is 0. The zero-order chi connectivity index (χ0) is 13.1. The summed E-state index contributed by atoms with van der Waals surface area (Å²) in [5.74, 6) is 1.52. The Hall–Kier alpha value is -0.0400. The van der Waals surface area contributed by atoms with Crippen LogP contribution in [0.15, 0.2) is 0 Å². The van der Waals surface area contributed by atoms with Gasteiger partial charge in [0.1, 0.15) is 0 Å². The molecule has 0 spiro atoms. The molecule has 0 aromatic carbocycles. The molecule has 0 aromatic heterocycles. The van der Waals surface area contributed by atoms with Crippen LogP contribution in [0.3, 0.4) is 0 Å². The standard InChI is InChI=1S/C16H32O/c1-6-15(4,5)14-8-11-16(17,12-9-14)10-7-13(2)3/h13-14,17H,6-12H2,1-5H3. The number of aliphatic hydroxyl groups is 1. The van der Waals surface area contributed by atoms with E-state index in [0.29, 0.717) is 11.3 Å². The van der Waals surface area contributed by atoms with Crippen LogP contribution in [0.5, 0.6) is 0 Å². The van der Waals surface area contributed by atoms with Gasteiger partial charge in [0.15, 0.2) is 0 Å². The fraction of sp³-hybridized carbons (Fsp3) is 1.00. The van der Waals surface area contributed by atoms with E-state index in [4.69, 9.17) is 0 Å². The molecule has 0 aliphatic heterocycles. The first-order valence-corrected chi connectivity index (χ1v) is 7.51. The summed E-state index contributed by atoms with van der Waals surface area (Å²) in [7, 11) is 0. The van der Waals surface area contributed by atoms with E-state index in [2.05, 4.69) is 34.6 Å². The quantitative estimate of drug-likeness (QED) is 0.733. The van der Waals surface area contributed by atoms with Crippen molar-refractivity contribution in [2.45, 2.75) is 85.2 Å². The van der Waals surface area contributed by atoms with Gasteiger partial charge in [-0.2, -0.15) is 0 Å². The van der Waals surface area contributed by atoms with E-state index in [0.717, 1.165) is 25.2 Å². The first-order chi connectivity index (χ1) is 7.79. The average molecular weight is 240 g/mol. The van der Waals surface area contributed by atoms with E-state index in [1.165, 1.54) is 25.7 Å². The maximum Gasteiger partial charge on any atom is 0.0648 e. The Labute approximate surface area is 108 Å². The Kier molecular flexibility index (Phi) is 5.07. The van der Waals surface area contributed by atoms with E-state index in [-0.39, 0.29) is 5.60 Å². The molecule has 0 heterocycles. The Bertz CT molecular complexity index is 222. The van der Waals surface area contributed by atoms with Crippen molar-refractivity contribution in [3.8, 4) is 0 Å². The highest BCUT2D eigenvalue weighted by Crippen LogP contribution is 2.44. The van der Waals surface area contributed by atoms with Crippen LogP contribution in [0, 0.1) is 17.3 Å². The number of hydrogen-bond donors (Lipinski definition) is 1. The highest BCUT2D eigenvalue weighted by molar-refractivity contribution is 4.90. The van der Waals surface area contributed by atoms with E-state index in [9.17, 15) is 5.11 Å². The highest BCUT2D eigenvalue weighted by Gasteiger charge is 2.37. The molecular weight excluding hydrogens is 208 g/mol. The van der Waals surface area contributed by atoms with E-state index < -0.39 is 0 Å². The van der Waals surface area contributed by atoms with Gasteiger partial charge in [-0.3, -0.25) is 0 Å². The third-order valence-electron chi connectivity index (χ3n) is 5.12. The number of hydrogen-bond acceptors (Lipinski definition) is 1. The molecule has 0 radical (unpaired) electrons. The zero-order valence-electron chi connectivity index (χ0n) is 12.6. The molecule has 0 unspecified atom stereocenters. The Morgan fingerprint density at radius 2 is 1.76 bits per heavy atom. The maximum atomic E-state index is 10.6. The molecule has 1 fully saturated rings. The summed E-state index contributed by atoms with van der Waals surface area (Å²) in [4.78, 5) is 0. The van der Waals surface area contributed by atoms with Gasteiger partial charge >= 0.3 is 0 Å². The summed E-state index contributed by atoms with van der Waals surface area (Å²) in [6.07, 6.45) is 7.90. The van der Waals surface area contributed by atoms with Crippen molar-refractivity contribution >= 4 is 0 Å². The van der Waals surface area contributed by atoms with Crippen molar-refractivity contribution in [3.05, 3.63) is 0 Å². The van der Waals surface area contributed by atoms with Crippen LogP contribution in [0.25, 0.3) is 0 Å². The molecule has 102 valence electrons. The first kappa shape index (κ1) is 15.0. The second kappa shape index (κ2) is 5.73. The van der Waals surface area contributed by atoms with E-state index in [1.807, 2.05) is 0 Å². The molecule has 0 amide bonds. The SMILES string of the molecule is CCC(C)(C)C1CCC(O)(CCC(C)C)CC1.